The third kappa shape index (κ3) is 5.74. The van der Waals surface area contributed by atoms with Crippen molar-refractivity contribution in [2.75, 3.05) is 0 Å². The lowest BCUT2D eigenvalue weighted by Crippen LogP contribution is -2.25. The molecule has 6 bridgehead atoms. The molecule has 292 valence electrons. The Morgan fingerprint density at radius 2 is 0.962 bits per heavy atom. The van der Waals surface area contributed by atoms with Crippen molar-refractivity contribution >= 4 is 20.2 Å². The zero-order chi connectivity index (χ0) is 38.4. The smallest absolute Gasteiger partial charge is 0.339 e. The molecule has 0 saturated heterocycles. The third-order valence-electron chi connectivity index (χ3n) is 17.0. The zero-order valence-corrected chi connectivity index (χ0v) is 35.4. The van der Waals surface area contributed by atoms with Crippen LogP contribution in [-0.2, 0) is 20.2 Å². The van der Waals surface area contributed by atoms with E-state index >= 15 is 8.42 Å². The average molecular weight is 764 g/mol. The van der Waals surface area contributed by atoms with E-state index in [-0.39, 0.29) is 50.6 Å². The Kier molecular flexibility index (Phi) is 8.82. The molecule has 0 amide bonds. The van der Waals surface area contributed by atoms with Crippen molar-refractivity contribution in [2.24, 2.45) is 51.8 Å². The first kappa shape index (κ1) is 38.0. The van der Waals surface area contributed by atoms with Crippen LogP contribution in [-0.4, -0.2) is 21.4 Å². The first-order chi connectivity index (χ1) is 24.5. The van der Waals surface area contributed by atoms with E-state index in [9.17, 15) is 13.0 Å². The fourth-order valence-corrected chi connectivity index (χ4v) is 16.5. The van der Waals surface area contributed by atoms with Gasteiger partial charge in [0.25, 0.3) is 0 Å². The van der Waals surface area contributed by atoms with Gasteiger partial charge in [-0.3, -0.25) is 0 Å². The maximum atomic E-state index is 15.4. The third-order valence-corrected chi connectivity index (χ3v) is 19.4. The first-order valence-corrected chi connectivity index (χ1v) is 23.6. The minimum absolute atomic E-state index is 0.0853. The SMILES string of the molecule is CC(C)c1cc(OS(=O)(=O)c2c(C3CC4CCC3C4(C)C)cc(C3CC4CCC3C4(C)C)cc2C2CC3CCC2C3(C)C)cc(C(C)C)c1S(=O)(=O)[O-]. The number of hydrogen-bond acceptors (Lipinski definition) is 6. The predicted octanol–water partition coefficient (Wildman–Crippen LogP) is 11.2. The highest BCUT2D eigenvalue weighted by Gasteiger charge is 2.58. The van der Waals surface area contributed by atoms with Gasteiger partial charge in [-0.1, -0.05) is 81.4 Å². The molecule has 0 aliphatic heterocycles. The van der Waals surface area contributed by atoms with Gasteiger partial charge in [0, 0.05) is 0 Å². The summed E-state index contributed by atoms with van der Waals surface area (Å²) in [5.74, 6) is 3.35. The fourth-order valence-electron chi connectivity index (χ4n) is 13.9. The molecule has 9 unspecified atom stereocenters. The monoisotopic (exact) mass is 763 g/mol. The molecule has 2 aromatic carbocycles. The Hall–Kier alpha value is -1.90. The van der Waals surface area contributed by atoms with Gasteiger partial charge in [-0.25, -0.2) is 8.42 Å². The van der Waals surface area contributed by atoms with Gasteiger partial charge in [0.15, 0.2) is 0 Å². The Bertz CT molecular complexity index is 1950. The van der Waals surface area contributed by atoms with Crippen LogP contribution in [0.1, 0.15) is 184 Å². The van der Waals surface area contributed by atoms with Crippen LogP contribution in [0.15, 0.2) is 34.1 Å². The minimum Gasteiger partial charge on any atom is -0.744 e. The second-order valence-corrected chi connectivity index (χ2v) is 23.7. The molecule has 8 heteroatoms. The summed E-state index contributed by atoms with van der Waals surface area (Å²) in [5, 5.41) is 0. The second-order valence-electron chi connectivity index (χ2n) is 20.9. The Balaban J connectivity index is 1.34. The maximum Gasteiger partial charge on any atom is 0.339 e. The van der Waals surface area contributed by atoms with E-state index in [0.717, 1.165) is 36.8 Å². The lowest BCUT2D eigenvalue weighted by atomic mass is 9.72. The van der Waals surface area contributed by atoms with E-state index in [1.54, 1.807) is 0 Å². The molecule has 6 nitrogen and oxygen atoms in total. The Morgan fingerprint density at radius 1 is 0.585 bits per heavy atom. The van der Waals surface area contributed by atoms with Gasteiger partial charge in [-0.05, 0) is 179 Å². The van der Waals surface area contributed by atoms with Gasteiger partial charge in [-0.2, -0.15) is 8.42 Å². The van der Waals surface area contributed by atoms with Crippen molar-refractivity contribution in [1.82, 2.24) is 0 Å². The van der Waals surface area contributed by atoms with Crippen LogP contribution >= 0.6 is 0 Å². The van der Waals surface area contributed by atoms with Gasteiger partial charge in [0.2, 0.25) is 0 Å². The summed E-state index contributed by atoms with van der Waals surface area (Å²) in [7, 11) is -9.21. The second kappa shape index (κ2) is 12.3. The number of benzene rings is 2. The molecule has 6 aliphatic carbocycles. The molecule has 6 saturated carbocycles. The number of rotatable bonds is 9. The van der Waals surface area contributed by atoms with Crippen LogP contribution in [0.5, 0.6) is 5.75 Å². The molecule has 2 aromatic rings. The standard InChI is InChI=1S/C45H64O6S2/c1-24(2)31-22-30(23-32(25(3)4)41(31)52(46,47)48)51-53(49,50)42-36(34-20-28-12-15-39(34)44(28,7)8)17-26(33-19-27-11-14-38(33)43(27,5)6)18-37(42)35-21-29-13-16-40(35)45(29,9)10/h17-18,22-25,27-29,33-35,38-40H,11-16,19-21H2,1-10H3,(H,46,47,48)/p-1. The minimum atomic E-state index is -4.81. The molecule has 0 aromatic heterocycles. The highest BCUT2D eigenvalue weighted by molar-refractivity contribution is 7.87. The average Bonchev–Trinajstić information content (AvgIpc) is 3.84. The van der Waals surface area contributed by atoms with Crippen molar-refractivity contribution in [3.63, 3.8) is 0 Å². The van der Waals surface area contributed by atoms with Gasteiger partial charge >= 0.3 is 10.1 Å². The number of hydrogen-bond donors (Lipinski definition) is 0. The molecule has 0 spiro atoms. The molecule has 53 heavy (non-hydrogen) atoms. The summed E-state index contributed by atoms with van der Waals surface area (Å²) < 4.78 is 75.0. The molecule has 6 aliphatic rings. The zero-order valence-electron chi connectivity index (χ0n) is 33.8. The first-order valence-electron chi connectivity index (χ1n) is 20.8. The van der Waals surface area contributed by atoms with E-state index < -0.39 is 20.2 Å². The van der Waals surface area contributed by atoms with Crippen molar-refractivity contribution < 1.29 is 25.6 Å². The van der Waals surface area contributed by atoms with Gasteiger partial charge in [0.1, 0.15) is 20.8 Å². The molecule has 6 fully saturated rings. The predicted molar refractivity (Wildman–Crippen MR) is 209 cm³/mol. The van der Waals surface area contributed by atoms with Crippen molar-refractivity contribution in [1.29, 1.82) is 0 Å². The van der Waals surface area contributed by atoms with Gasteiger partial charge in [-0.15, -0.1) is 0 Å². The molecule has 0 heterocycles. The van der Waals surface area contributed by atoms with Crippen molar-refractivity contribution in [2.45, 2.75) is 166 Å². The highest BCUT2D eigenvalue weighted by atomic mass is 32.2. The van der Waals surface area contributed by atoms with Crippen molar-refractivity contribution in [3.8, 4) is 5.75 Å². The van der Waals surface area contributed by atoms with Gasteiger partial charge in [0.05, 0.1) is 4.90 Å². The summed E-state index contributed by atoms with van der Waals surface area (Å²) in [6, 6.07) is 7.66. The molecular formula is C45H63O6S2-. The van der Waals surface area contributed by atoms with E-state index in [2.05, 4.69) is 53.7 Å². The largest absolute Gasteiger partial charge is 0.744 e. The van der Waals surface area contributed by atoms with E-state index in [1.807, 2.05) is 27.7 Å². The molecular weight excluding hydrogens is 701 g/mol. The van der Waals surface area contributed by atoms with Gasteiger partial charge < -0.3 is 8.74 Å². The van der Waals surface area contributed by atoms with Crippen LogP contribution in [0.4, 0.5) is 0 Å². The lowest BCUT2D eigenvalue weighted by Gasteiger charge is -2.34. The quantitative estimate of drug-likeness (QED) is 0.186. The molecule has 0 N–H and O–H groups in total. The summed E-state index contributed by atoms with van der Waals surface area (Å²) >= 11 is 0. The Labute approximate surface area is 320 Å². The Morgan fingerprint density at radius 3 is 1.26 bits per heavy atom. The van der Waals surface area contributed by atoms with E-state index in [1.165, 1.54) is 49.8 Å². The molecule has 8 rings (SSSR count). The van der Waals surface area contributed by atoms with Crippen LogP contribution < -0.4 is 4.18 Å². The summed E-state index contributed by atoms with van der Waals surface area (Å²) in [6.45, 7) is 21.8. The summed E-state index contributed by atoms with van der Waals surface area (Å²) in [4.78, 5) is 0.142. The van der Waals surface area contributed by atoms with Crippen LogP contribution in [0.3, 0.4) is 0 Å². The summed E-state index contributed by atoms with van der Waals surface area (Å²) in [5.41, 5.74) is 4.48. The normalized spacial score (nSPS) is 34.9. The number of fused-ring (bicyclic) bond motifs is 6. The summed E-state index contributed by atoms with van der Waals surface area (Å²) in [6.07, 6.45) is 10.3. The van der Waals surface area contributed by atoms with Crippen LogP contribution in [0.25, 0.3) is 0 Å². The van der Waals surface area contributed by atoms with E-state index in [0.29, 0.717) is 57.4 Å². The lowest BCUT2D eigenvalue weighted by molar-refractivity contribution is 0.250. The van der Waals surface area contributed by atoms with Crippen molar-refractivity contribution in [3.05, 3.63) is 52.1 Å². The topological polar surface area (TPSA) is 101 Å². The molecule has 9 atom stereocenters. The van der Waals surface area contributed by atoms with Crippen LogP contribution in [0, 0.1) is 51.8 Å². The maximum absolute atomic E-state index is 15.4. The fraction of sp³-hybridized carbons (Fsp3) is 0.733. The molecule has 0 radical (unpaired) electrons. The highest BCUT2D eigenvalue weighted by Crippen LogP contribution is 2.68. The van der Waals surface area contributed by atoms with Crippen LogP contribution in [0.2, 0.25) is 0 Å². The van der Waals surface area contributed by atoms with E-state index in [4.69, 9.17) is 4.18 Å².